The van der Waals surface area contributed by atoms with Crippen LogP contribution in [-0.4, -0.2) is 36.2 Å². The highest BCUT2D eigenvalue weighted by atomic mass is 16.6. The zero-order valence-electron chi connectivity index (χ0n) is 17.3. The Morgan fingerprint density at radius 2 is 2.12 bits per heavy atom. The van der Waals surface area contributed by atoms with Gasteiger partial charge in [0.05, 0.1) is 5.92 Å². The van der Waals surface area contributed by atoms with Crippen molar-refractivity contribution in [1.82, 2.24) is 4.98 Å². The van der Waals surface area contributed by atoms with Crippen LogP contribution in [-0.2, 0) is 16.0 Å². The molecule has 0 aliphatic carbocycles. The van der Waals surface area contributed by atoms with Crippen LogP contribution in [0.5, 0.6) is 0 Å². The van der Waals surface area contributed by atoms with Crippen LogP contribution in [0.3, 0.4) is 0 Å². The number of anilines is 2. The first-order valence-electron chi connectivity index (χ1n) is 9.96. The Morgan fingerprint density at radius 1 is 1.38 bits per heavy atom. The molecule has 1 aromatic rings. The van der Waals surface area contributed by atoms with E-state index in [9.17, 15) is 4.79 Å². The summed E-state index contributed by atoms with van der Waals surface area (Å²) in [5.41, 5.74) is 2.12. The Labute approximate surface area is 158 Å². The number of ether oxygens (including phenoxy) is 1. The minimum absolute atomic E-state index is 0.0782. The van der Waals surface area contributed by atoms with Gasteiger partial charge in [0, 0.05) is 37.1 Å². The van der Waals surface area contributed by atoms with Gasteiger partial charge in [-0.1, -0.05) is 20.8 Å². The largest absolute Gasteiger partial charge is 0.460 e. The van der Waals surface area contributed by atoms with E-state index in [2.05, 4.69) is 42.0 Å². The normalized spacial score (nSPS) is 15.8. The Balaban J connectivity index is 2.16. The molecular formula is C21H35N3O2. The van der Waals surface area contributed by atoms with Gasteiger partial charge in [0.2, 0.25) is 0 Å². The number of pyridine rings is 1. The first-order chi connectivity index (χ1) is 12.3. The second kappa shape index (κ2) is 8.74. The SMILES string of the molecule is CCCN(CC(C)C(CC)C(=O)OC(C)(C)C)c1ccnc2c1CCN2. The van der Waals surface area contributed by atoms with Gasteiger partial charge < -0.3 is 15.0 Å². The molecule has 1 aromatic heterocycles. The van der Waals surface area contributed by atoms with E-state index in [1.165, 1.54) is 11.3 Å². The third-order valence-corrected chi connectivity index (χ3v) is 4.88. The van der Waals surface area contributed by atoms with Gasteiger partial charge >= 0.3 is 5.97 Å². The molecule has 2 atom stereocenters. The fourth-order valence-corrected chi connectivity index (χ4v) is 3.72. The number of nitrogens with zero attached hydrogens (tertiary/aromatic N) is 2. The van der Waals surface area contributed by atoms with Gasteiger partial charge in [-0.15, -0.1) is 0 Å². The second-order valence-electron chi connectivity index (χ2n) is 8.31. The predicted octanol–water partition coefficient (Wildman–Crippen LogP) is 4.27. The maximum Gasteiger partial charge on any atom is 0.309 e. The van der Waals surface area contributed by atoms with E-state index in [1.54, 1.807) is 0 Å². The monoisotopic (exact) mass is 361 g/mol. The van der Waals surface area contributed by atoms with Gasteiger partial charge in [-0.25, -0.2) is 4.98 Å². The number of carbonyl (C=O) groups excluding carboxylic acids is 1. The molecule has 0 fully saturated rings. The number of hydrogen-bond acceptors (Lipinski definition) is 5. The highest BCUT2D eigenvalue weighted by molar-refractivity contribution is 5.73. The fraction of sp³-hybridized carbons (Fsp3) is 0.714. The van der Waals surface area contributed by atoms with Crippen molar-refractivity contribution in [3.05, 3.63) is 17.8 Å². The van der Waals surface area contributed by atoms with Crippen LogP contribution in [0.4, 0.5) is 11.5 Å². The summed E-state index contributed by atoms with van der Waals surface area (Å²) in [6, 6.07) is 2.11. The number of nitrogens with one attached hydrogen (secondary N) is 1. The Bertz CT molecular complexity index is 610. The van der Waals surface area contributed by atoms with Gasteiger partial charge in [-0.3, -0.25) is 4.79 Å². The number of hydrogen-bond donors (Lipinski definition) is 1. The molecule has 2 heterocycles. The molecule has 1 N–H and O–H groups in total. The van der Waals surface area contributed by atoms with E-state index < -0.39 is 5.60 Å². The lowest BCUT2D eigenvalue weighted by molar-refractivity contribution is -0.161. The molecule has 2 rings (SSSR count). The lowest BCUT2D eigenvalue weighted by Crippen LogP contribution is -2.37. The van der Waals surface area contributed by atoms with Crippen LogP contribution < -0.4 is 10.2 Å². The summed E-state index contributed by atoms with van der Waals surface area (Å²) in [6.07, 6.45) is 4.76. The van der Waals surface area contributed by atoms with Crippen molar-refractivity contribution in [2.45, 2.75) is 66.4 Å². The molecule has 5 heteroatoms. The van der Waals surface area contributed by atoms with Crippen molar-refractivity contribution in [3.63, 3.8) is 0 Å². The van der Waals surface area contributed by atoms with Crippen LogP contribution in [0.1, 0.15) is 59.9 Å². The summed E-state index contributed by atoms with van der Waals surface area (Å²) in [4.78, 5) is 19.5. The molecule has 146 valence electrons. The van der Waals surface area contributed by atoms with E-state index in [1.807, 2.05) is 27.0 Å². The molecule has 0 saturated carbocycles. The van der Waals surface area contributed by atoms with Crippen molar-refractivity contribution in [2.24, 2.45) is 11.8 Å². The van der Waals surface area contributed by atoms with Crippen LogP contribution >= 0.6 is 0 Å². The molecule has 5 nitrogen and oxygen atoms in total. The molecule has 1 aliphatic rings. The topological polar surface area (TPSA) is 54.5 Å². The summed E-state index contributed by atoms with van der Waals surface area (Å²) in [5.74, 6) is 1.07. The van der Waals surface area contributed by atoms with Crippen molar-refractivity contribution >= 4 is 17.5 Å². The molecule has 2 unspecified atom stereocenters. The van der Waals surface area contributed by atoms with Crippen LogP contribution in [0.25, 0.3) is 0 Å². The van der Waals surface area contributed by atoms with Crippen LogP contribution in [0.15, 0.2) is 12.3 Å². The zero-order valence-corrected chi connectivity index (χ0v) is 17.3. The minimum atomic E-state index is -0.440. The molecular weight excluding hydrogens is 326 g/mol. The fourth-order valence-electron chi connectivity index (χ4n) is 3.72. The highest BCUT2D eigenvalue weighted by Gasteiger charge is 2.30. The minimum Gasteiger partial charge on any atom is -0.460 e. The van der Waals surface area contributed by atoms with E-state index in [4.69, 9.17) is 4.74 Å². The Hall–Kier alpha value is -1.78. The standard InChI is InChI=1S/C21H35N3O2/c1-7-13-24(18-10-12-23-19-17(18)9-11-22-19)14-15(3)16(8-2)20(25)26-21(4,5)6/h10,12,15-16H,7-9,11,13-14H2,1-6H3,(H,22,23). The number of aromatic nitrogens is 1. The lowest BCUT2D eigenvalue weighted by atomic mass is 9.90. The van der Waals surface area contributed by atoms with Crippen LogP contribution in [0.2, 0.25) is 0 Å². The smallest absolute Gasteiger partial charge is 0.309 e. The van der Waals surface area contributed by atoms with E-state index in [-0.39, 0.29) is 17.8 Å². The summed E-state index contributed by atoms with van der Waals surface area (Å²) >= 11 is 0. The maximum atomic E-state index is 12.6. The van der Waals surface area contributed by atoms with Gasteiger partial charge in [-0.05, 0) is 52.0 Å². The summed E-state index contributed by atoms with van der Waals surface area (Å²) < 4.78 is 5.66. The van der Waals surface area contributed by atoms with Gasteiger partial charge in [0.25, 0.3) is 0 Å². The van der Waals surface area contributed by atoms with Crippen molar-refractivity contribution in [3.8, 4) is 0 Å². The van der Waals surface area contributed by atoms with Gasteiger partial charge in [-0.2, -0.15) is 0 Å². The molecule has 0 amide bonds. The molecule has 0 spiro atoms. The third kappa shape index (κ3) is 5.12. The molecule has 1 aliphatic heterocycles. The summed E-state index contributed by atoms with van der Waals surface area (Å²) in [5, 5.41) is 3.36. The predicted molar refractivity (Wildman–Crippen MR) is 108 cm³/mol. The lowest BCUT2D eigenvalue weighted by Gasteiger charge is -2.33. The Kier molecular flexibility index (Phi) is 6.90. The molecule has 0 bridgehead atoms. The second-order valence-corrected chi connectivity index (χ2v) is 8.31. The molecule has 0 radical (unpaired) electrons. The van der Waals surface area contributed by atoms with Crippen molar-refractivity contribution in [2.75, 3.05) is 29.9 Å². The molecule has 0 aromatic carbocycles. The number of fused-ring (bicyclic) bond motifs is 1. The average Bonchev–Trinajstić information content (AvgIpc) is 3.02. The zero-order chi connectivity index (χ0) is 19.3. The van der Waals surface area contributed by atoms with E-state index >= 15 is 0 Å². The first kappa shape index (κ1) is 20.5. The number of carbonyl (C=O) groups is 1. The number of esters is 1. The van der Waals surface area contributed by atoms with Crippen molar-refractivity contribution in [1.29, 1.82) is 0 Å². The first-order valence-corrected chi connectivity index (χ1v) is 9.96. The van der Waals surface area contributed by atoms with Gasteiger partial charge in [0.15, 0.2) is 0 Å². The summed E-state index contributed by atoms with van der Waals surface area (Å²) in [6.45, 7) is 15.0. The Morgan fingerprint density at radius 3 is 2.73 bits per heavy atom. The highest BCUT2D eigenvalue weighted by Crippen LogP contribution is 2.32. The van der Waals surface area contributed by atoms with Crippen LogP contribution in [0, 0.1) is 11.8 Å². The number of rotatable bonds is 8. The van der Waals surface area contributed by atoms with E-state index in [0.717, 1.165) is 44.7 Å². The summed E-state index contributed by atoms with van der Waals surface area (Å²) in [7, 11) is 0. The average molecular weight is 362 g/mol. The van der Waals surface area contributed by atoms with E-state index in [0.29, 0.717) is 0 Å². The third-order valence-electron chi connectivity index (χ3n) is 4.88. The van der Waals surface area contributed by atoms with Crippen molar-refractivity contribution < 1.29 is 9.53 Å². The molecule has 26 heavy (non-hydrogen) atoms. The maximum absolute atomic E-state index is 12.6. The van der Waals surface area contributed by atoms with Gasteiger partial charge in [0.1, 0.15) is 11.4 Å². The quantitative estimate of drug-likeness (QED) is 0.701. The molecule has 0 saturated heterocycles.